The Kier molecular flexibility index (Phi) is 4.32. The van der Waals surface area contributed by atoms with Crippen molar-refractivity contribution in [1.82, 2.24) is 9.88 Å². The Balaban J connectivity index is 1.62. The van der Waals surface area contributed by atoms with Gasteiger partial charge in [0, 0.05) is 42.5 Å². The number of H-pyrrole nitrogens is 1. The topological polar surface area (TPSA) is 73.5 Å². The van der Waals surface area contributed by atoms with Gasteiger partial charge in [-0.1, -0.05) is 6.07 Å². The Labute approximate surface area is 151 Å². The van der Waals surface area contributed by atoms with E-state index < -0.39 is 0 Å². The molecule has 1 unspecified atom stereocenters. The molecule has 0 radical (unpaired) electrons. The number of nitrogens with one attached hydrogen (secondary N) is 1. The molecule has 0 bridgehead atoms. The second-order valence-corrected chi connectivity index (χ2v) is 6.81. The Hall–Kier alpha value is -2.89. The molecule has 1 N–H and O–H groups in total. The molecule has 0 saturated carbocycles. The van der Waals surface area contributed by atoms with E-state index in [0.717, 1.165) is 24.9 Å². The molecule has 2 saturated heterocycles. The van der Waals surface area contributed by atoms with E-state index in [1.54, 1.807) is 40.3 Å². The number of anilines is 1. The smallest absolute Gasteiger partial charge is 0.254 e. The van der Waals surface area contributed by atoms with Crippen molar-refractivity contribution >= 4 is 17.5 Å². The number of carbonyl (C=O) groups is 2. The summed E-state index contributed by atoms with van der Waals surface area (Å²) in [6.45, 7) is 1.33. The zero-order valence-electron chi connectivity index (χ0n) is 14.5. The average molecular weight is 351 g/mol. The number of aromatic nitrogens is 1. The fourth-order valence-electron chi connectivity index (χ4n) is 3.92. The summed E-state index contributed by atoms with van der Waals surface area (Å²) in [6.07, 6.45) is 4.66. The first-order chi connectivity index (χ1) is 12.6. The van der Waals surface area contributed by atoms with Gasteiger partial charge in [-0.15, -0.1) is 0 Å². The normalized spacial score (nSPS) is 20.0. The summed E-state index contributed by atoms with van der Waals surface area (Å²) in [4.78, 5) is 43.4. The van der Waals surface area contributed by atoms with Crippen LogP contribution >= 0.6 is 0 Å². The first kappa shape index (κ1) is 16.6. The van der Waals surface area contributed by atoms with E-state index in [1.807, 2.05) is 12.1 Å². The molecule has 6 heteroatoms. The third-order valence-electron chi connectivity index (χ3n) is 5.20. The molecule has 0 aliphatic carbocycles. The van der Waals surface area contributed by atoms with Crippen LogP contribution in [0.15, 0.2) is 47.4 Å². The number of benzene rings is 1. The van der Waals surface area contributed by atoms with E-state index >= 15 is 0 Å². The lowest BCUT2D eigenvalue weighted by Crippen LogP contribution is -2.33. The van der Waals surface area contributed by atoms with Crippen LogP contribution in [0.3, 0.4) is 0 Å². The molecule has 2 aliphatic heterocycles. The van der Waals surface area contributed by atoms with Crippen LogP contribution in [0.5, 0.6) is 0 Å². The number of hydrogen-bond acceptors (Lipinski definition) is 3. The van der Waals surface area contributed by atoms with Gasteiger partial charge in [-0.3, -0.25) is 14.4 Å². The molecule has 1 aromatic heterocycles. The SMILES string of the molecule is O=C1CCCN1c1cccc(C(=O)N2CCCC2c2ccc[nH]c2=O)c1. The van der Waals surface area contributed by atoms with Crippen LogP contribution in [-0.2, 0) is 4.79 Å². The van der Waals surface area contributed by atoms with Gasteiger partial charge in [-0.05, 0) is 49.6 Å². The van der Waals surface area contributed by atoms with E-state index in [-0.39, 0.29) is 23.4 Å². The van der Waals surface area contributed by atoms with Gasteiger partial charge in [0.2, 0.25) is 5.91 Å². The predicted octanol–water partition coefficient (Wildman–Crippen LogP) is 2.48. The van der Waals surface area contributed by atoms with Crippen LogP contribution in [0.25, 0.3) is 0 Å². The third kappa shape index (κ3) is 2.92. The van der Waals surface area contributed by atoms with Crippen LogP contribution < -0.4 is 10.5 Å². The van der Waals surface area contributed by atoms with Crippen molar-refractivity contribution in [3.05, 3.63) is 64.1 Å². The molecule has 26 heavy (non-hydrogen) atoms. The summed E-state index contributed by atoms with van der Waals surface area (Å²) in [5, 5.41) is 0. The van der Waals surface area contributed by atoms with Crippen molar-refractivity contribution in [1.29, 1.82) is 0 Å². The number of hydrogen-bond donors (Lipinski definition) is 1. The summed E-state index contributed by atoms with van der Waals surface area (Å²) in [5.74, 6) is 0.00807. The number of amides is 2. The minimum Gasteiger partial charge on any atom is -0.331 e. The van der Waals surface area contributed by atoms with Gasteiger partial charge >= 0.3 is 0 Å². The quantitative estimate of drug-likeness (QED) is 0.923. The molecule has 3 heterocycles. The summed E-state index contributed by atoms with van der Waals surface area (Å²) >= 11 is 0. The molecule has 4 rings (SSSR count). The minimum absolute atomic E-state index is 0.0933. The van der Waals surface area contributed by atoms with Crippen molar-refractivity contribution in [3.8, 4) is 0 Å². The maximum Gasteiger partial charge on any atom is 0.254 e. The van der Waals surface area contributed by atoms with Crippen molar-refractivity contribution in [2.24, 2.45) is 0 Å². The van der Waals surface area contributed by atoms with Crippen LogP contribution in [0, 0.1) is 0 Å². The highest BCUT2D eigenvalue weighted by Crippen LogP contribution is 2.32. The first-order valence-electron chi connectivity index (χ1n) is 9.04. The second kappa shape index (κ2) is 6.78. The highest BCUT2D eigenvalue weighted by atomic mass is 16.2. The van der Waals surface area contributed by atoms with Crippen molar-refractivity contribution in [3.63, 3.8) is 0 Å². The maximum atomic E-state index is 13.1. The first-order valence-corrected chi connectivity index (χ1v) is 9.04. The summed E-state index contributed by atoms with van der Waals surface area (Å²) < 4.78 is 0. The van der Waals surface area contributed by atoms with E-state index in [2.05, 4.69) is 4.98 Å². The van der Waals surface area contributed by atoms with Gasteiger partial charge < -0.3 is 14.8 Å². The van der Waals surface area contributed by atoms with Crippen molar-refractivity contribution < 1.29 is 9.59 Å². The molecule has 1 aromatic carbocycles. The molecule has 2 fully saturated rings. The Morgan fingerprint density at radius 2 is 1.96 bits per heavy atom. The fraction of sp³-hybridized carbons (Fsp3) is 0.350. The van der Waals surface area contributed by atoms with E-state index in [0.29, 0.717) is 30.6 Å². The minimum atomic E-state index is -0.204. The molecule has 0 spiro atoms. The number of likely N-dealkylation sites (tertiary alicyclic amines) is 1. The molecule has 134 valence electrons. The van der Waals surface area contributed by atoms with Crippen LogP contribution in [0.2, 0.25) is 0 Å². The number of pyridine rings is 1. The van der Waals surface area contributed by atoms with Gasteiger partial charge in [-0.25, -0.2) is 0 Å². The fourth-order valence-corrected chi connectivity index (χ4v) is 3.92. The lowest BCUT2D eigenvalue weighted by molar-refractivity contribution is -0.117. The molecule has 2 amide bonds. The van der Waals surface area contributed by atoms with E-state index in [9.17, 15) is 14.4 Å². The molecular weight excluding hydrogens is 330 g/mol. The summed E-state index contributed by atoms with van der Waals surface area (Å²) in [6, 6.07) is 10.6. The van der Waals surface area contributed by atoms with Gasteiger partial charge in [0.25, 0.3) is 11.5 Å². The maximum absolute atomic E-state index is 13.1. The van der Waals surface area contributed by atoms with Gasteiger partial charge in [0.1, 0.15) is 0 Å². The number of aromatic amines is 1. The zero-order valence-corrected chi connectivity index (χ0v) is 14.5. The lowest BCUT2D eigenvalue weighted by Gasteiger charge is -2.25. The molecular formula is C20H21N3O3. The highest BCUT2D eigenvalue weighted by molar-refractivity contribution is 5.99. The monoisotopic (exact) mass is 351 g/mol. The standard InChI is InChI=1S/C20H21N3O3/c24-18-9-4-11-22(18)15-6-1-5-14(13-15)20(26)23-12-3-8-17(23)16-7-2-10-21-19(16)25/h1-2,5-7,10,13,17H,3-4,8-9,11-12H2,(H,21,25). The van der Waals surface area contributed by atoms with E-state index in [1.165, 1.54) is 0 Å². The predicted molar refractivity (Wildman–Crippen MR) is 98.1 cm³/mol. The number of carbonyl (C=O) groups excluding carboxylic acids is 2. The Bertz CT molecular complexity index is 905. The van der Waals surface area contributed by atoms with Crippen LogP contribution in [0.1, 0.15) is 47.6 Å². The molecule has 1 atom stereocenters. The van der Waals surface area contributed by atoms with Crippen molar-refractivity contribution in [2.75, 3.05) is 18.0 Å². The summed E-state index contributed by atoms with van der Waals surface area (Å²) in [5.41, 5.74) is 1.81. The van der Waals surface area contributed by atoms with Crippen LogP contribution in [0.4, 0.5) is 5.69 Å². The second-order valence-electron chi connectivity index (χ2n) is 6.81. The average Bonchev–Trinajstić information content (AvgIpc) is 3.30. The van der Waals surface area contributed by atoms with Gasteiger partial charge in [0.15, 0.2) is 0 Å². The summed E-state index contributed by atoms with van der Waals surface area (Å²) in [7, 11) is 0. The molecule has 2 aliphatic rings. The van der Waals surface area contributed by atoms with Crippen LogP contribution in [-0.4, -0.2) is 34.8 Å². The van der Waals surface area contributed by atoms with Gasteiger partial charge in [-0.2, -0.15) is 0 Å². The molecule has 6 nitrogen and oxygen atoms in total. The largest absolute Gasteiger partial charge is 0.331 e. The highest BCUT2D eigenvalue weighted by Gasteiger charge is 2.32. The number of nitrogens with zero attached hydrogens (tertiary/aromatic N) is 2. The third-order valence-corrected chi connectivity index (χ3v) is 5.20. The Morgan fingerprint density at radius 3 is 2.73 bits per heavy atom. The van der Waals surface area contributed by atoms with Crippen molar-refractivity contribution in [2.45, 2.75) is 31.7 Å². The zero-order chi connectivity index (χ0) is 18.1. The molecule has 2 aromatic rings. The van der Waals surface area contributed by atoms with E-state index in [4.69, 9.17) is 0 Å². The number of rotatable bonds is 3. The lowest BCUT2D eigenvalue weighted by atomic mass is 10.1. The Morgan fingerprint density at radius 1 is 1.08 bits per heavy atom. The van der Waals surface area contributed by atoms with Gasteiger partial charge in [0.05, 0.1) is 6.04 Å².